The molecule has 0 aromatic heterocycles. The van der Waals surface area contributed by atoms with Crippen LogP contribution in [0.2, 0.25) is 0 Å². The lowest BCUT2D eigenvalue weighted by atomic mass is 10.1. The summed E-state index contributed by atoms with van der Waals surface area (Å²) < 4.78 is 34.2. The number of ether oxygens (including phenoxy) is 2. The Morgan fingerprint density at radius 3 is 1.43 bits per heavy atom. The van der Waals surface area contributed by atoms with Crippen molar-refractivity contribution in [3.63, 3.8) is 0 Å². The van der Waals surface area contributed by atoms with Crippen LogP contribution in [-0.2, 0) is 32.7 Å². The Morgan fingerprint density at radius 1 is 0.566 bits per heavy atom. The molecule has 0 aliphatic rings. The lowest BCUT2D eigenvalue weighted by Crippen LogP contribution is -2.37. The Kier molecular flexibility index (Phi) is 35.1. The third-order valence-electron chi connectivity index (χ3n) is 9.20. The zero-order chi connectivity index (χ0) is 39.3. The first kappa shape index (κ1) is 51.5. The van der Waals surface area contributed by atoms with Crippen LogP contribution in [0.25, 0.3) is 0 Å². The molecule has 9 nitrogen and oxygen atoms in total. The average molecular weight is 773 g/mol. The van der Waals surface area contributed by atoms with Crippen LogP contribution in [0.4, 0.5) is 0 Å². The SMILES string of the molecule is CCCCC/C=C\CCCCCCCC(=O)O[C@H](COC(=O)CCCCCCCCC/C=C\CCCCCCCC)COP(=O)(O)OCC[N+](C)(C)C. The molecule has 0 aromatic rings. The van der Waals surface area contributed by atoms with Crippen molar-refractivity contribution in [3.05, 3.63) is 24.3 Å². The number of unbranched alkanes of at least 4 members (excludes halogenated alkanes) is 21. The molecule has 312 valence electrons. The maximum atomic E-state index is 12.6. The molecule has 2 atom stereocenters. The third-order valence-corrected chi connectivity index (χ3v) is 10.2. The maximum Gasteiger partial charge on any atom is 0.472 e. The standard InChI is InChI=1S/C43H82NO8P/c1-6-8-10-12-14-16-18-20-21-22-23-24-26-27-29-31-33-35-42(45)49-39-41(40-51-53(47,48)50-38-37-44(3,4)5)52-43(46)36-34-32-30-28-25-19-17-15-13-11-9-7-2/h15,17,20-21,41H,6-14,16,18-19,22-40H2,1-5H3/p+1/b17-15-,21-20-/t41-/m1/s1. The highest BCUT2D eigenvalue weighted by molar-refractivity contribution is 7.47. The highest BCUT2D eigenvalue weighted by Crippen LogP contribution is 2.43. The van der Waals surface area contributed by atoms with Gasteiger partial charge in [0.05, 0.1) is 27.7 Å². The van der Waals surface area contributed by atoms with Crippen LogP contribution in [0, 0.1) is 0 Å². The highest BCUT2D eigenvalue weighted by atomic mass is 31.2. The molecule has 0 bridgehead atoms. The highest BCUT2D eigenvalue weighted by Gasteiger charge is 2.27. The van der Waals surface area contributed by atoms with Gasteiger partial charge in [-0.2, -0.15) is 0 Å². The van der Waals surface area contributed by atoms with Gasteiger partial charge in [-0.1, -0.05) is 134 Å². The van der Waals surface area contributed by atoms with Gasteiger partial charge in [0.15, 0.2) is 6.10 Å². The number of carbonyl (C=O) groups is 2. The van der Waals surface area contributed by atoms with Gasteiger partial charge in [0.2, 0.25) is 0 Å². The van der Waals surface area contributed by atoms with Crippen LogP contribution < -0.4 is 0 Å². The smallest absolute Gasteiger partial charge is 0.462 e. The van der Waals surface area contributed by atoms with Crippen molar-refractivity contribution in [1.82, 2.24) is 0 Å². The minimum Gasteiger partial charge on any atom is -0.462 e. The summed E-state index contributed by atoms with van der Waals surface area (Å²) in [5.41, 5.74) is 0. The van der Waals surface area contributed by atoms with Gasteiger partial charge >= 0.3 is 19.8 Å². The first-order valence-electron chi connectivity index (χ1n) is 21.6. The van der Waals surface area contributed by atoms with Crippen molar-refractivity contribution in [2.24, 2.45) is 0 Å². The van der Waals surface area contributed by atoms with E-state index >= 15 is 0 Å². The first-order valence-corrected chi connectivity index (χ1v) is 23.1. The van der Waals surface area contributed by atoms with E-state index in [4.69, 9.17) is 18.5 Å². The average Bonchev–Trinajstić information content (AvgIpc) is 3.10. The predicted octanol–water partition coefficient (Wildman–Crippen LogP) is 12.0. The Balaban J connectivity index is 4.35. The number of hydrogen-bond donors (Lipinski definition) is 1. The fraction of sp³-hybridized carbons (Fsp3) is 0.860. The summed E-state index contributed by atoms with van der Waals surface area (Å²) in [5, 5.41) is 0. The molecule has 0 radical (unpaired) electrons. The fourth-order valence-electron chi connectivity index (χ4n) is 5.77. The van der Waals surface area contributed by atoms with E-state index < -0.39 is 26.5 Å². The summed E-state index contributed by atoms with van der Waals surface area (Å²) >= 11 is 0. The van der Waals surface area contributed by atoms with Crippen LogP contribution in [0.3, 0.4) is 0 Å². The molecule has 0 rings (SSSR count). The first-order chi connectivity index (χ1) is 25.5. The lowest BCUT2D eigenvalue weighted by Gasteiger charge is -2.24. The second-order valence-electron chi connectivity index (χ2n) is 15.7. The second kappa shape index (κ2) is 36.1. The van der Waals surface area contributed by atoms with Crippen LogP contribution in [0.15, 0.2) is 24.3 Å². The molecular weight excluding hydrogens is 689 g/mol. The summed E-state index contributed by atoms with van der Waals surface area (Å²) in [6, 6.07) is 0. The van der Waals surface area contributed by atoms with Crippen molar-refractivity contribution in [3.8, 4) is 0 Å². The number of allylic oxidation sites excluding steroid dienone is 4. The van der Waals surface area contributed by atoms with Gasteiger partial charge in [0.1, 0.15) is 19.8 Å². The van der Waals surface area contributed by atoms with Gasteiger partial charge in [-0.3, -0.25) is 18.6 Å². The predicted molar refractivity (Wildman–Crippen MR) is 220 cm³/mol. The number of phosphoric acid groups is 1. The number of quaternary nitrogens is 1. The summed E-state index contributed by atoms with van der Waals surface area (Å²) in [6.45, 7) is 4.38. The summed E-state index contributed by atoms with van der Waals surface area (Å²) in [4.78, 5) is 35.3. The van der Waals surface area contributed by atoms with E-state index in [0.29, 0.717) is 17.4 Å². The van der Waals surface area contributed by atoms with E-state index in [1.807, 2.05) is 21.1 Å². The van der Waals surface area contributed by atoms with Crippen molar-refractivity contribution < 1.29 is 42.1 Å². The molecule has 10 heteroatoms. The van der Waals surface area contributed by atoms with Crippen molar-refractivity contribution >= 4 is 19.8 Å². The molecule has 0 aliphatic carbocycles. The zero-order valence-electron chi connectivity index (χ0n) is 35.0. The van der Waals surface area contributed by atoms with Gasteiger partial charge in [0.25, 0.3) is 0 Å². The van der Waals surface area contributed by atoms with Gasteiger partial charge in [-0.15, -0.1) is 0 Å². The van der Waals surface area contributed by atoms with E-state index in [0.717, 1.165) is 51.4 Å². The van der Waals surface area contributed by atoms with Crippen molar-refractivity contribution in [2.75, 3.05) is 47.5 Å². The summed E-state index contributed by atoms with van der Waals surface area (Å²) in [5.74, 6) is -0.812. The largest absolute Gasteiger partial charge is 0.472 e. The van der Waals surface area contributed by atoms with E-state index in [2.05, 4.69) is 38.2 Å². The molecule has 0 aromatic carbocycles. The van der Waals surface area contributed by atoms with E-state index in [1.54, 1.807) is 0 Å². The van der Waals surface area contributed by atoms with Crippen molar-refractivity contribution in [1.29, 1.82) is 0 Å². The minimum absolute atomic E-state index is 0.0304. The number of phosphoric ester groups is 1. The van der Waals surface area contributed by atoms with E-state index in [-0.39, 0.29) is 32.0 Å². The molecule has 0 amide bonds. The number of likely N-dealkylation sites (N-methyl/N-ethyl adjacent to an activating group) is 1. The number of nitrogens with zero attached hydrogens (tertiary/aromatic N) is 1. The maximum absolute atomic E-state index is 12.6. The molecule has 1 N–H and O–H groups in total. The van der Waals surface area contributed by atoms with Crippen LogP contribution in [0.5, 0.6) is 0 Å². The molecular formula is C43H83NO8P+. The topological polar surface area (TPSA) is 108 Å². The normalized spacial score (nSPS) is 13.8. The molecule has 0 fully saturated rings. The number of esters is 2. The number of hydrogen-bond acceptors (Lipinski definition) is 7. The Hall–Kier alpha value is -1.51. The summed E-state index contributed by atoms with van der Waals surface area (Å²) in [6.07, 6.45) is 37.9. The molecule has 0 saturated carbocycles. The van der Waals surface area contributed by atoms with Crippen LogP contribution in [-0.4, -0.2) is 74.9 Å². The molecule has 0 saturated heterocycles. The lowest BCUT2D eigenvalue weighted by molar-refractivity contribution is -0.870. The second-order valence-corrected chi connectivity index (χ2v) is 17.2. The minimum atomic E-state index is -4.37. The zero-order valence-corrected chi connectivity index (χ0v) is 35.9. The summed E-state index contributed by atoms with van der Waals surface area (Å²) in [7, 11) is 1.47. The number of rotatable bonds is 39. The quantitative estimate of drug-likeness (QED) is 0.0216. The molecule has 0 heterocycles. The Morgan fingerprint density at radius 2 is 0.962 bits per heavy atom. The Bertz CT molecular complexity index is 964. The van der Waals surface area contributed by atoms with Crippen LogP contribution >= 0.6 is 7.82 Å². The van der Waals surface area contributed by atoms with Gasteiger partial charge in [0, 0.05) is 12.8 Å². The third kappa shape index (κ3) is 40.0. The number of carbonyl (C=O) groups excluding carboxylic acids is 2. The van der Waals surface area contributed by atoms with Crippen molar-refractivity contribution in [2.45, 2.75) is 193 Å². The van der Waals surface area contributed by atoms with E-state index in [9.17, 15) is 19.0 Å². The molecule has 1 unspecified atom stereocenters. The Labute approximate surface area is 326 Å². The molecule has 0 aliphatic heterocycles. The van der Waals surface area contributed by atoms with Gasteiger partial charge in [-0.05, 0) is 64.2 Å². The fourth-order valence-corrected chi connectivity index (χ4v) is 6.51. The van der Waals surface area contributed by atoms with Gasteiger partial charge < -0.3 is 18.9 Å². The molecule has 53 heavy (non-hydrogen) atoms. The van der Waals surface area contributed by atoms with E-state index in [1.165, 1.54) is 103 Å². The molecule has 0 spiro atoms. The van der Waals surface area contributed by atoms with Gasteiger partial charge in [-0.25, -0.2) is 4.57 Å². The monoisotopic (exact) mass is 773 g/mol. The van der Waals surface area contributed by atoms with Crippen LogP contribution in [0.1, 0.15) is 187 Å².